The van der Waals surface area contributed by atoms with E-state index >= 15 is 0 Å². The first-order valence-electron chi connectivity index (χ1n) is 7.31. The lowest BCUT2D eigenvalue weighted by Crippen LogP contribution is -2.32. The quantitative estimate of drug-likeness (QED) is 0.798. The third-order valence-electron chi connectivity index (χ3n) is 3.73. The van der Waals surface area contributed by atoms with Crippen LogP contribution >= 0.6 is 0 Å². The second-order valence-electron chi connectivity index (χ2n) is 4.92. The van der Waals surface area contributed by atoms with Crippen molar-refractivity contribution in [2.45, 2.75) is 45.7 Å². The molecule has 0 saturated carbocycles. The highest BCUT2D eigenvalue weighted by Gasteiger charge is 2.22. The Morgan fingerprint density at radius 2 is 2.26 bits per heavy atom. The van der Waals surface area contributed by atoms with Gasteiger partial charge in [-0.15, -0.1) is 0 Å². The van der Waals surface area contributed by atoms with Gasteiger partial charge in [-0.3, -0.25) is 4.79 Å². The number of rotatable bonds is 6. The largest absolute Gasteiger partial charge is 0.380 e. The number of aromatic nitrogens is 1. The molecule has 0 aliphatic heterocycles. The number of ether oxygens (including phenoxy) is 1. The minimum atomic E-state index is 0.0931. The van der Waals surface area contributed by atoms with E-state index in [1.165, 1.54) is 11.3 Å². The van der Waals surface area contributed by atoms with Gasteiger partial charge in [0.25, 0.3) is 5.56 Å². The van der Waals surface area contributed by atoms with E-state index in [0.29, 0.717) is 25.8 Å². The number of fused-ring (bicyclic) bond motifs is 1. The molecule has 1 aliphatic rings. The number of hydrogen-bond acceptors (Lipinski definition) is 3. The van der Waals surface area contributed by atoms with Gasteiger partial charge in [0, 0.05) is 31.0 Å². The van der Waals surface area contributed by atoms with E-state index in [9.17, 15) is 4.79 Å². The summed E-state index contributed by atoms with van der Waals surface area (Å²) in [6.45, 7) is 7.03. The highest BCUT2D eigenvalue weighted by Crippen LogP contribution is 2.28. The van der Waals surface area contributed by atoms with Gasteiger partial charge in [0.15, 0.2) is 0 Å². The van der Waals surface area contributed by atoms with Crippen molar-refractivity contribution in [3.8, 4) is 0 Å². The summed E-state index contributed by atoms with van der Waals surface area (Å²) in [7, 11) is 0. The second-order valence-corrected chi connectivity index (χ2v) is 4.92. The van der Waals surface area contributed by atoms with Crippen LogP contribution in [0.1, 0.15) is 44.0 Å². The molecular formula is C15H24N2O2. The zero-order valence-electron chi connectivity index (χ0n) is 11.9. The van der Waals surface area contributed by atoms with Gasteiger partial charge in [0.05, 0.1) is 6.61 Å². The normalized spacial score (nSPS) is 18.3. The summed E-state index contributed by atoms with van der Waals surface area (Å²) in [5.41, 5.74) is 2.59. The van der Waals surface area contributed by atoms with Gasteiger partial charge in [-0.1, -0.05) is 13.0 Å². The molecule has 1 aromatic rings. The topological polar surface area (TPSA) is 43.3 Å². The Morgan fingerprint density at radius 3 is 3.00 bits per heavy atom. The number of nitrogens with zero attached hydrogens (tertiary/aromatic N) is 1. The van der Waals surface area contributed by atoms with Crippen LogP contribution in [0.4, 0.5) is 0 Å². The van der Waals surface area contributed by atoms with Crippen LogP contribution in [0.5, 0.6) is 0 Å². The van der Waals surface area contributed by atoms with Gasteiger partial charge in [-0.05, 0) is 38.3 Å². The van der Waals surface area contributed by atoms with Crippen LogP contribution in [0.25, 0.3) is 0 Å². The number of nitrogens with one attached hydrogen (secondary N) is 1. The fraction of sp³-hybridized carbons (Fsp3) is 0.667. The van der Waals surface area contributed by atoms with Gasteiger partial charge in [0.1, 0.15) is 0 Å². The van der Waals surface area contributed by atoms with Crippen molar-refractivity contribution >= 4 is 0 Å². The smallest absolute Gasteiger partial charge is 0.250 e. The molecule has 19 heavy (non-hydrogen) atoms. The van der Waals surface area contributed by atoms with Crippen molar-refractivity contribution in [1.82, 2.24) is 9.88 Å². The minimum Gasteiger partial charge on any atom is -0.380 e. The van der Waals surface area contributed by atoms with Crippen molar-refractivity contribution in [3.05, 3.63) is 33.7 Å². The molecule has 0 amide bonds. The first-order chi connectivity index (χ1) is 9.27. The lowest BCUT2D eigenvalue weighted by molar-refractivity contribution is 0.137. The molecule has 1 unspecified atom stereocenters. The first-order valence-corrected chi connectivity index (χ1v) is 7.31. The van der Waals surface area contributed by atoms with Gasteiger partial charge < -0.3 is 14.6 Å². The average Bonchev–Trinajstić information content (AvgIpc) is 2.42. The minimum absolute atomic E-state index is 0.0931. The molecule has 106 valence electrons. The summed E-state index contributed by atoms with van der Waals surface area (Å²) >= 11 is 0. The van der Waals surface area contributed by atoms with Crippen LogP contribution in [0, 0.1) is 0 Å². The molecule has 0 saturated heterocycles. The predicted octanol–water partition coefficient (Wildman–Crippen LogP) is 1.87. The van der Waals surface area contributed by atoms with Crippen LogP contribution in [0.2, 0.25) is 0 Å². The van der Waals surface area contributed by atoms with Crippen molar-refractivity contribution < 1.29 is 4.74 Å². The number of pyridine rings is 1. The Kier molecular flexibility index (Phi) is 5.16. The summed E-state index contributed by atoms with van der Waals surface area (Å²) in [6.07, 6.45) is 3.30. The van der Waals surface area contributed by atoms with Crippen molar-refractivity contribution in [2.75, 3.05) is 19.8 Å². The molecule has 4 nitrogen and oxygen atoms in total. The van der Waals surface area contributed by atoms with Gasteiger partial charge in [0.2, 0.25) is 0 Å². The molecule has 1 N–H and O–H groups in total. The molecule has 1 atom stereocenters. The Bertz CT molecular complexity index is 468. The van der Waals surface area contributed by atoms with E-state index < -0.39 is 0 Å². The molecule has 2 rings (SSSR count). The standard InChI is InChI=1S/C15H24N2O2/c1-3-16-13-6-5-7-14-12(13)8-9-15(18)17(14)10-11-19-4-2/h8-9,13,16H,3-7,10-11H2,1-2H3. The molecule has 0 fully saturated rings. The molecule has 0 spiro atoms. The van der Waals surface area contributed by atoms with Crippen LogP contribution in [-0.2, 0) is 17.7 Å². The molecule has 1 aliphatic carbocycles. The van der Waals surface area contributed by atoms with E-state index in [1.54, 1.807) is 6.07 Å². The van der Waals surface area contributed by atoms with Crippen LogP contribution in [0.3, 0.4) is 0 Å². The Hall–Kier alpha value is -1.13. The van der Waals surface area contributed by atoms with Crippen LogP contribution in [0.15, 0.2) is 16.9 Å². The fourth-order valence-corrected chi connectivity index (χ4v) is 2.87. The lowest BCUT2D eigenvalue weighted by atomic mass is 9.91. The zero-order chi connectivity index (χ0) is 13.7. The molecule has 0 aromatic carbocycles. The van der Waals surface area contributed by atoms with E-state index in [2.05, 4.69) is 12.2 Å². The number of hydrogen-bond donors (Lipinski definition) is 1. The van der Waals surface area contributed by atoms with Crippen molar-refractivity contribution in [2.24, 2.45) is 0 Å². The Morgan fingerprint density at radius 1 is 1.42 bits per heavy atom. The van der Waals surface area contributed by atoms with Crippen molar-refractivity contribution in [1.29, 1.82) is 0 Å². The highest BCUT2D eigenvalue weighted by molar-refractivity contribution is 5.27. The summed E-state index contributed by atoms with van der Waals surface area (Å²) in [5.74, 6) is 0. The van der Waals surface area contributed by atoms with Gasteiger partial charge >= 0.3 is 0 Å². The molecule has 1 heterocycles. The molecule has 0 bridgehead atoms. The van der Waals surface area contributed by atoms with Gasteiger partial charge in [-0.25, -0.2) is 0 Å². The van der Waals surface area contributed by atoms with Gasteiger partial charge in [-0.2, -0.15) is 0 Å². The maximum Gasteiger partial charge on any atom is 0.250 e. The lowest BCUT2D eigenvalue weighted by Gasteiger charge is -2.28. The van der Waals surface area contributed by atoms with E-state index in [1.807, 2.05) is 17.6 Å². The zero-order valence-corrected chi connectivity index (χ0v) is 11.9. The summed E-state index contributed by atoms with van der Waals surface area (Å²) in [4.78, 5) is 12.0. The molecular weight excluding hydrogens is 240 g/mol. The Balaban J connectivity index is 2.27. The second kappa shape index (κ2) is 6.87. The summed E-state index contributed by atoms with van der Waals surface area (Å²) in [5, 5.41) is 3.51. The van der Waals surface area contributed by atoms with E-state index in [0.717, 1.165) is 25.8 Å². The third-order valence-corrected chi connectivity index (χ3v) is 3.73. The third kappa shape index (κ3) is 3.25. The first kappa shape index (κ1) is 14.3. The fourth-order valence-electron chi connectivity index (χ4n) is 2.87. The average molecular weight is 264 g/mol. The predicted molar refractivity (Wildman–Crippen MR) is 76.6 cm³/mol. The monoisotopic (exact) mass is 264 g/mol. The van der Waals surface area contributed by atoms with Crippen LogP contribution < -0.4 is 10.9 Å². The molecule has 1 aromatic heterocycles. The maximum atomic E-state index is 12.0. The summed E-state index contributed by atoms with van der Waals surface area (Å²) in [6, 6.07) is 4.09. The highest BCUT2D eigenvalue weighted by atomic mass is 16.5. The summed E-state index contributed by atoms with van der Waals surface area (Å²) < 4.78 is 7.28. The van der Waals surface area contributed by atoms with Crippen molar-refractivity contribution in [3.63, 3.8) is 0 Å². The van der Waals surface area contributed by atoms with Crippen LogP contribution in [-0.4, -0.2) is 24.3 Å². The Labute approximate surface area is 114 Å². The SMILES string of the molecule is CCNC1CCCc2c1ccc(=O)n2CCOCC. The molecule has 4 heteroatoms. The van der Waals surface area contributed by atoms with E-state index in [4.69, 9.17) is 4.74 Å². The molecule has 0 radical (unpaired) electrons. The maximum absolute atomic E-state index is 12.0. The van der Waals surface area contributed by atoms with E-state index in [-0.39, 0.29) is 5.56 Å².